The van der Waals surface area contributed by atoms with Crippen LogP contribution in [0.4, 0.5) is 0 Å². The molecule has 0 unspecified atom stereocenters. The number of rotatable bonds is 3. The van der Waals surface area contributed by atoms with Crippen molar-refractivity contribution in [1.29, 1.82) is 0 Å². The van der Waals surface area contributed by atoms with Crippen LogP contribution in [-0.4, -0.2) is 28.2 Å². The van der Waals surface area contributed by atoms with E-state index in [0.717, 1.165) is 20.5 Å². The third kappa shape index (κ3) is 3.42. The number of thiazole rings is 1. The predicted octanol–water partition coefficient (Wildman–Crippen LogP) is 3.80. The fourth-order valence-electron chi connectivity index (χ4n) is 2.17. The monoisotopic (exact) mass is 403 g/mol. The standard InChI is InChI=1S/C17H14BrN3O2S/c1-19-17-21(20-9-12-5-6-14(22)8-16(12)23)15(10-24-17)11-3-2-4-13(18)7-11/h2-10,22-23H,1H3. The van der Waals surface area contributed by atoms with Crippen LogP contribution in [0, 0.1) is 0 Å². The van der Waals surface area contributed by atoms with Gasteiger partial charge in [0.2, 0.25) is 4.80 Å². The molecule has 0 radical (unpaired) electrons. The topological polar surface area (TPSA) is 70.1 Å². The molecular weight excluding hydrogens is 390 g/mol. The summed E-state index contributed by atoms with van der Waals surface area (Å²) in [6, 6.07) is 12.3. The summed E-state index contributed by atoms with van der Waals surface area (Å²) in [4.78, 5) is 4.98. The maximum absolute atomic E-state index is 9.88. The largest absolute Gasteiger partial charge is 0.508 e. The van der Waals surface area contributed by atoms with Gasteiger partial charge >= 0.3 is 0 Å². The van der Waals surface area contributed by atoms with E-state index >= 15 is 0 Å². The molecule has 0 aliphatic rings. The lowest BCUT2D eigenvalue weighted by Gasteiger charge is -2.04. The molecule has 0 spiro atoms. The van der Waals surface area contributed by atoms with E-state index < -0.39 is 0 Å². The molecule has 0 aliphatic heterocycles. The highest BCUT2D eigenvalue weighted by Crippen LogP contribution is 2.24. The smallest absolute Gasteiger partial charge is 0.205 e. The Balaban J connectivity index is 2.07. The molecule has 0 bridgehead atoms. The van der Waals surface area contributed by atoms with Gasteiger partial charge in [0.15, 0.2) is 0 Å². The summed E-state index contributed by atoms with van der Waals surface area (Å²) in [7, 11) is 1.71. The first kappa shape index (κ1) is 16.5. The molecule has 7 heteroatoms. The molecule has 2 aromatic carbocycles. The molecule has 0 aliphatic carbocycles. The molecular formula is C17H14BrN3O2S. The lowest BCUT2D eigenvalue weighted by Crippen LogP contribution is -2.11. The van der Waals surface area contributed by atoms with Gasteiger partial charge in [0.25, 0.3) is 0 Å². The number of hydrogen-bond acceptors (Lipinski definition) is 5. The number of hydrogen-bond donors (Lipinski definition) is 2. The zero-order valence-corrected chi connectivity index (χ0v) is 15.1. The van der Waals surface area contributed by atoms with Gasteiger partial charge in [-0.25, -0.2) is 4.68 Å². The molecule has 3 rings (SSSR count). The quantitative estimate of drug-likeness (QED) is 0.652. The van der Waals surface area contributed by atoms with E-state index in [1.807, 2.05) is 29.6 Å². The van der Waals surface area contributed by atoms with E-state index in [9.17, 15) is 10.2 Å². The summed E-state index contributed by atoms with van der Waals surface area (Å²) in [6.45, 7) is 0. The fourth-order valence-corrected chi connectivity index (χ4v) is 3.37. The zero-order chi connectivity index (χ0) is 17.1. The Labute approximate surface area is 151 Å². The second-order valence-electron chi connectivity index (χ2n) is 4.94. The number of nitrogens with zero attached hydrogens (tertiary/aromatic N) is 3. The van der Waals surface area contributed by atoms with Crippen molar-refractivity contribution >= 4 is 33.5 Å². The molecule has 2 N–H and O–H groups in total. The van der Waals surface area contributed by atoms with Crippen LogP contribution < -0.4 is 4.80 Å². The van der Waals surface area contributed by atoms with Gasteiger partial charge in [-0.05, 0) is 24.3 Å². The molecule has 3 aromatic rings. The molecule has 5 nitrogen and oxygen atoms in total. The summed E-state index contributed by atoms with van der Waals surface area (Å²) in [5.74, 6) is -0.0273. The van der Waals surface area contributed by atoms with Gasteiger partial charge in [-0.2, -0.15) is 5.10 Å². The average Bonchev–Trinajstić information content (AvgIpc) is 2.97. The molecule has 24 heavy (non-hydrogen) atoms. The SMILES string of the molecule is CN=c1scc(-c2cccc(Br)c2)n1N=Cc1ccc(O)cc1O. The highest BCUT2D eigenvalue weighted by atomic mass is 79.9. The van der Waals surface area contributed by atoms with Crippen LogP contribution in [0.3, 0.4) is 0 Å². The van der Waals surface area contributed by atoms with Gasteiger partial charge in [0, 0.05) is 34.1 Å². The Morgan fingerprint density at radius 1 is 1.17 bits per heavy atom. The van der Waals surface area contributed by atoms with Crippen molar-refractivity contribution in [3.63, 3.8) is 0 Å². The Kier molecular flexibility index (Phi) is 4.82. The van der Waals surface area contributed by atoms with Gasteiger partial charge in [-0.3, -0.25) is 4.99 Å². The second kappa shape index (κ2) is 7.02. The van der Waals surface area contributed by atoms with Crippen LogP contribution in [0.1, 0.15) is 5.56 Å². The molecule has 0 atom stereocenters. The van der Waals surface area contributed by atoms with Crippen molar-refractivity contribution < 1.29 is 10.2 Å². The molecule has 1 aromatic heterocycles. The number of phenolic OH excluding ortho intramolecular Hbond substituents is 2. The molecule has 0 amide bonds. The maximum Gasteiger partial charge on any atom is 0.205 e. The third-order valence-corrected chi connectivity index (χ3v) is 4.72. The van der Waals surface area contributed by atoms with E-state index in [2.05, 4.69) is 26.0 Å². The van der Waals surface area contributed by atoms with Crippen molar-refractivity contribution in [2.75, 3.05) is 7.05 Å². The number of benzene rings is 2. The van der Waals surface area contributed by atoms with E-state index in [1.54, 1.807) is 17.8 Å². The van der Waals surface area contributed by atoms with Crippen LogP contribution in [-0.2, 0) is 0 Å². The summed E-state index contributed by atoms with van der Waals surface area (Å²) in [5, 5.41) is 25.7. The minimum Gasteiger partial charge on any atom is -0.508 e. The maximum atomic E-state index is 9.88. The Morgan fingerprint density at radius 2 is 2.00 bits per heavy atom. The van der Waals surface area contributed by atoms with Crippen molar-refractivity contribution in [3.05, 3.63) is 62.7 Å². The lowest BCUT2D eigenvalue weighted by atomic mass is 10.2. The number of aromatic nitrogens is 1. The van der Waals surface area contributed by atoms with Gasteiger partial charge in [-0.1, -0.05) is 28.1 Å². The minimum absolute atomic E-state index is 0.00640. The van der Waals surface area contributed by atoms with Gasteiger partial charge in [0.05, 0.1) is 11.9 Å². The second-order valence-corrected chi connectivity index (χ2v) is 6.69. The molecule has 122 valence electrons. The molecule has 1 heterocycles. The van der Waals surface area contributed by atoms with Crippen LogP contribution in [0.15, 0.2) is 62.4 Å². The molecule has 0 fully saturated rings. The molecule has 0 saturated heterocycles. The van der Waals surface area contributed by atoms with Crippen molar-refractivity contribution in [2.24, 2.45) is 10.1 Å². The van der Waals surface area contributed by atoms with E-state index in [1.165, 1.54) is 29.7 Å². The first-order valence-corrected chi connectivity index (χ1v) is 8.71. The Hall–Kier alpha value is -2.38. The predicted molar refractivity (Wildman–Crippen MR) is 99.7 cm³/mol. The van der Waals surface area contributed by atoms with Gasteiger partial charge in [0.1, 0.15) is 11.5 Å². The van der Waals surface area contributed by atoms with Crippen molar-refractivity contribution in [3.8, 4) is 22.8 Å². The third-order valence-electron chi connectivity index (χ3n) is 3.32. The summed E-state index contributed by atoms with van der Waals surface area (Å²) < 4.78 is 2.70. The van der Waals surface area contributed by atoms with Gasteiger partial charge < -0.3 is 10.2 Å². The number of halogens is 1. The summed E-state index contributed by atoms with van der Waals surface area (Å²) >= 11 is 4.96. The van der Waals surface area contributed by atoms with Crippen molar-refractivity contribution in [2.45, 2.75) is 0 Å². The van der Waals surface area contributed by atoms with E-state index in [-0.39, 0.29) is 11.5 Å². The van der Waals surface area contributed by atoms with E-state index in [0.29, 0.717) is 5.56 Å². The zero-order valence-electron chi connectivity index (χ0n) is 12.7. The summed E-state index contributed by atoms with van der Waals surface area (Å²) in [6.07, 6.45) is 1.54. The lowest BCUT2D eigenvalue weighted by molar-refractivity contribution is 0.450. The van der Waals surface area contributed by atoms with Gasteiger partial charge in [-0.15, -0.1) is 11.3 Å². The highest BCUT2D eigenvalue weighted by Gasteiger charge is 2.08. The minimum atomic E-state index is -0.0337. The Bertz CT molecular complexity index is 976. The summed E-state index contributed by atoms with van der Waals surface area (Å²) in [5.41, 5.74) is 2.41. The normalized spacial score (nSPS) is 12.2. The van der Waals surface area contributed by atoms with E-state index in [4.69, 9.17) is 0 Å². The van der Waals surface area contributed by atoms with Crippen molar-refractivity contribution in [1.82, 2.24) is 4.68 Å². The number of phenols is 2. The van der Waals surface area contributed by atoms with Crippen LogP contribution in [0.5, 0.6) is 11.5 Å². The van der Waals surface area contributed by atoms with Crippen LogP contribution in [0.25, 0.3) is 11.3 Å². The Morgan fingerprint density at radius 3 is 2.71 bits per heavy atom. The molecule has 0 saturated carbocycles. The van der Waals surface area contributed by atoms with Crippen LogP contribution >= 0.6 is 27.3 Å². The number of aromatic hydroxyl groups is 2. The fraction of sp³-hybridized carbons (Fsp3) is 0.0588. The first-order valence-electron chi connectivity index (χ1n) is 7.04. The van der Waals surface area contributed by atoms with Crippen LogP contribution in [0.2, 0.25) is 0 Å². The first-order chi connectivity index (χ1) is 11.6. The average molecular weight is 404 g/mol. The highest BCUT2D eigenvalue weighted by molar-refractivity contribution is 9.10.